The molecule has 0 saturated carbocycles. The number of nitrogens with zero attached hydrogens (tertiary/aromatic N) is 2. The second-order valence-electron chi connectivity index (χ2n) is 11.4. The van der Waals surface area contributed by atoms with Crippen LogP contribution >= 0.6 is 15.9 Å². The molecule has 0 aromatic heterocycles. The first-order chi connectivity index (χ1) is 21.6. The van der Waals surface area contributed by atoms with Crippen LogP contribution in [-0.4, -0.2) is 0 Å². The lowest BCUT2D eigenvalue weighted by Crippen LogP contribution is -2.24. The molecule has 3 heteroatoms. The molecular formula is C41H35BrN2. The summed E-state index contributed by atoms with van der Waals surface area (Å²) >= 11 is 3.62. The SMILES string of the molecule is CCC1(CC)c2cc(N(c3ccccc3)c3ccccc3)ccc2-c2ccc(N(c3ccccc3)c3ccc(Br)cc3)cc21. The average Bonchev–Trinajstić information content (AvgIpc) is 3.36. The molecule has 0 heterocycles. The van der Waals surface area contributed by atoms with Gasteiger partial charge in [-0.3, -0.25) is 0 Å². The van der Waals surface area contributed by atoms with Crippen molar-refractivity contribution in [2.75, 3.05) is 9.80 Å². The molecule has 44 heavy (non-hydrogen) atoms. The second kappa shape index (κ2) is 11.8. The summed E-state index contributed by atoms with van der Waals surface area (Å²) in [5.74, 6) is 0. The van der Waals surface area contributed by atoms with Gasteiger partial charge in [-0.2, -0.15) is 0 Å². The van der Waals surface area contributed by atoms with Crippen LogP contribution < -0.4 is 9.80 Å². The van der Waals surface area contributed by atoms with E-state index in [1.54, 1.807) is 0 Å². The maximum absolute atomic E-state index is 3.62. The lowest BCUT2D eigenvalue weighted by Gasteiger charge is -2.33. The average molecular weight is 636 g/mol. The van der Waals surface area contributed by atoms with Crippen molar-refractivity contribution >= 4 is 50.1 Å². The molecule has 0 bridgehead atoms. The van der Waals surface area contributed by atoms with Crippen molar-refractivity contribution < 1.29 is 0 Å². The van der Waals surface area contributed by atoms with Gasteiger partial charge < -0.3 is 9.80 Å². The van der Waals surface area contributed by atoms with E-state index in [-0.39, 0.29) is 5.41 Å². The summed E-state index contributed by atoms with van der Waals surface area (Å²) in [6.45, 7) is 4.69. The van der Waals surface area contributed by atoms with Gasteiger partial charge in [0.25, 0.3) is 0 Å². The van der Waals surface area contributed by atoms with Crippen LogP contribution in [0.2, 0.25) is 0 Å². The Morgan fingerprint density at radius 2 is 0.773 bits per heavy atom. The maximum Gasteiger partial charge on any atom is 0.0465 e. The Morgan fingerprint density at radius 3 is 1.14 bits per heavy atom. The third-order valence-electron chi connectivity index (χ3n) is 9.18. The fourth-order valence-corrected chi connectivity index (χ4v) is 7.24. The fraction of sp³-hybridized carbons (Fsp3) is 0.122. The standard InChI is InChI=1S/C41H35BrN2/c1-3-41(4-2)39-28-35(43(31-14-8-5-9-15-31)32-16-10-6-11-17-32)24-26-37(39)38-27-25-36(29-40(38)41)44(33-18-12-7-13-19-33)34-22-20-30(42)21-23-34/h5-29H,3-4H2,1-2H3. The molecule has 0 fully saturated rings. The van der Waals surface area contributed by atoms with Crippen LogP contribution in [0.3, 0.4) is 0 Å². The zero-order chi connectivity index (χ0) is 30.1. The van der Waals surface area contributed by atoms with Gasteiger partial charge in [-0.1, -0.05) is 96.5 Å². The molecule has 0 N–H and O–H groups in total. The highest BCUT2D eigenvalue weighted by Crippen LogP contribution is 2.55. The van der Waals surface area contributed by atoms with E-state index in [4.69, 9.17) is 0 Å². The highest BCUT2D eigenvalue weighted by atomic mass is 79.9. The Balaban J connectivity index is 1.38. The van der Waals surface area contributed by atoms with E-state index < -0.39 is 0 Å². The number of para-hydroxylation sites is 3. The molecular weight excluding hydrogens is 600 g/mol. The first-order valence-electron chi connectivity index (χ1n) is 15.4. The fourth-order valence-electron chi connectivity index (χ4n) is 6.98. The second-order valence-corrected chi connectivity index (χ2v) is 12.3. The first-order valence-corrected chi connectivity index (χ1v) is 16.2. The molecule has 1 aliphatic carbocycles. The lowest BCUT2D eigenvalue weighted by atomic mass is 9.73. The van der Waals surface area contributed by atoms with Crippen LogP contribution in [0.1, 0.15) is 37.8 Å². The zero-order valence-electron chi connectivity index (χ0n) is 25.1. The smallest absolute Gasteiger partial charge is 0.0465 e. The van der Waals surface area contributed by atoms with Gasteiger partial charge in [0.1, 0.15) is 0 Å². The predicted octanol–water partition coefficient (Wildman–Crippen LogP) is 12.5. The number of hydrogen-bond donors (Lipinski definition) is 0. The largest absolute Gasteiger partial charge is 0.310 e. The van der Waals surface area contributed by atoms with E-state index in [0.29, 0.717) is 0 Å². The molecule has 1 aliphatic rings. The summed E-state index contributed by atoms with van der Waals surface area (Å²) in [6.07, 6.45) is 2.05. The van der Waals surface area contributed by atoms with Crippen LogP contribution in [0, 0.1) is 0 Å². The number of fused-ring (bicyclic) bond motifs is 3. The van der Waals surface area contributed by atoms with E-state index in [1.807, 2.05) is 0 Å². The zero-order valence-corrected chi connectivity index (χ0v) is 26.7. The maximum atomic E-state index is 3.62. The van der Waals surface area contributed by atoms with Gasteiger partial charge in [-0.15, -0.1) is 0 Å². The number of halogens is 1. The Labute approximate surface area is 269 Å². The Kier molecular flexibility index (Phi) is 7.57. The van der Waals surface area contributed by atoms with Gasteiger partial charge in [0.15, 0.2) is 0 Å². The van der Waals surface area contributed by atoms with Crippen molar-refractivity contribution in [1.82, 2.24) is 0 Å². The van der Waals surface area contributed by atoms with Crippen molar-refractivity contribution in [2.45, 2.75) is 32.1 Å². The number of rotatable bonds is 8. The van der Waals surface area contributed by atoms with E-state index >= 15 is 0 Å². The van der Waals surface area contributed by atoms with Crippen LogP contribution in [0.4, 0.5) is 34.1 Å². The molecule has 0 unspecified atom stereocenters. The van der Waals surface area contributed by atoms with Gasteiger partial charge in [0.05, 0.1) is 0 Å². The molecule has 6 aromatic carbocycles. The molecule has 0 aliphatic heterocycles. The third kappa shape index (κ3) is 4.82. The van der Waals surface area contributed by atoms with E-state index in [2.05, 4.69) is 191 Å². The monoisotopic (exact) mass is 634 g/mol. The molecule has 6 aromatic rings. The van der Waals surface area contributed by atoms with Crippen molar-refractivity contribution in [3.05, 3.63) is 167 Å². The quantitative estimate of drug-likeness (QED) is 0.164. The van der Waals surface area contributed by atoms with Crippen LogP contribution in [-0.2, 0) is 5.41 Å². The molecule has 0 atom stereocenters. The molecule has 0 spiro atoms. The number of anilines is 6. The first kappa shape index (κ1) is 28.2. The van der Waals surface area contributed by atoms with Crippen molar-refractivity contribution in [3.63, 3.8) is 0 Å². The van der Waals surface area contributed by atoms with Crippen molar-refractivity contribution in [2.24, 2.45) is 0 Å². The van der Waals surface area contributed by atoms with E-state index in [9.17, 15) is 0 Å². The molecule has 2 nitrogen and oxygen atoms in total. The summed E-state index contributed by atoms with van der Waals surface area (Å²) in [5.41, 5.74) is 12.4. The summed E-state index contributed by atoms with van der Waals surface area (Å²) in [5, 5.41) is 0. The highest BCUT2D eigenvalue weighted by molar-refractivity contribution is 9.10. The van der Waals surface area contributed by atoms with E-state index in [1.165, 1.54) is 33.6 Å². The minimum absolute atomic E-state index is 0.0855. The van der Waals surface area contributed by atoms with E-state index in [0.717, 1.165) is 40.1 Å². The van der Waals surface area contributed by atoms with Gasteiger partial charge >= 0.3 is 0 Å². The van der Waals surface area contributed by atoms with Gasteiger partial charge in [0, 0.05) is 44.0 Å². The van der Waals surface area contributed by atoms with Crippen LogP contribution in [0.15, 0.2) is 156 Å². The Morgan fingerprint density at radius 1 is 0.432 bits per heavy atom. The number of hydrogen-bond acceptors (Lipinski definition) is 2. The van der Waals surface area contributed by atoms with Gasteiger partial charge in [-0.25, -0.2) is 0 Å². The highest BCUT2D eigenvalue weighted by Gasteiger charge is 2.41. The number of benzene rings is 6. The lowest BCUT2D eigenvalue weighted by molar-refractivity contribution is 0.490. The Hall–Kier alpha value is -4.60. The molecule has 0 amide bonds. The van der Waals surface area contributed by atoms with Crippen LogP contribution in [0.5, 0.6) is 0 Å². The molecule has 0 radical (unpaired) electrons. The van der Waals surface area contributed by atoms with Crippen LogP contribution in [0.25, 0.3) is 11.1 Å². The summed E-state index contributed by atoms with van der Waals surface area (Å²) in [4.78, 5) is 4.74. The third-order valence-corrected chi connectivity index (χ3v) is 9.71. The van der Waals surface area contributed by atoms with Gasteiger partial charge in [-0.05, 0) is 120 Å². The van der Waals surface area contributed by atoms with Gasteiger partial charge in [0.2, 0.25) is 0 Å². The minimum Gasteiger partial charge on any atom is -0.310 e. The summed E-state index contributed by atoms with van der Waals surface area (Å²) < 4.78 is 1.07. The Bertz CT molecular complexity index is 1840. The summed E-state index contributed by atoms with van der Waals surface area (Å²) in [7, 11) is 0. The van der Waals surface area contributed by atoms with Crippen molar-refractivity contribution in [3.8, 4) is 11.1 Å². The summed E-state index contributed by atoms with van der Waals surface area (Å²) in [6, 6.07) is 54.8. The predicted molar refractivity (Wildman–Crippen MR) is 190 cm³/mol. The molecule has 216 valence electrons. The minimum atomic E-state index is -0.0855. The van der Waals surface area contributed by atoms with Crippen molar-refractivity contribution in [1.29, 1.82) is 0 Å². The molecule has 7 rings (SSSR count). The topological polar surface area (TPSA) is 6.48 Å². The normalized spacial score (nSPS) is 12.8. The molecule has 0 saturated heterocycles.